The van der Waals surface area contributed by atoms with E-state index in [0.29, 0.717) is 41.7 Å². The Bertz CT molecular complexity index is 685. The van der Waals surface area contributed by atoms with E-state index < -0.39 is 0 Å². The largest absolute Gasteiger partial charge is 0.370 e. The molecule has 6 nitrogen and oxygen atoms in total. The number of nitrogens with one attached hydrogen (secondary N) is 1. The van der Waals surface area contributed by atoms with Crippen LogP contribution in [-0.4, -0.2) is 28.7 Å². The second-order valence-electron chi connectivity index (χ2n) is 5.66. The van der Waals surface area contributed by atoms with E-state index in [-0.39, 0.29) is 24.0 Å². The molecule has 130 valence electrons. The van der Waals surface area contributed by atoms with E-state index in [1.54, 1.807) is 12.1 Å². The van der Waals surface area contributed by atoms with Gasteiger partial charge in [0.05, 0.1) is 6.54 Å². The highest BCUT2D eigenvalue weighted by Gasteiger charge is 2.14. The molecule has 1 aromatic carbocycles. The van der Waals surface area contributed by atoms with Crippen LogP contribution >= 0.6 is 35.6 Å². The summed E-state index contributed by atoms with van der Waals surface area (Å²) in [6.07, 6.45) is 5.42. The van der Waals surface area contributed by atoms with E-state index in [1.165, 1.54) is 25.7 Å². The number of rotatable bonds is 5. The lowest BCUT2D eigenvalue weighted by molar-refractivity contribution is 0.380. The van der Waals surface area contributed by atoms with Crippen LogP contribution < -0.4 is 11.1 Å². The van der Waals surface area contributed by atoms with Crippen molar-refractivity contribution in [3.63, 3.8) is 0 Å². The molecule has 1 aliphatic carbocycles. The molecule has 1 aliphatic rings. The van der Waals surface area contributed by atoms with Gasteiger partial charge in [0.2, 0.25) is 11.7 Å². The van der Waals surface area contributed by atoms with Crippen molar-refractivity contribution in [2.24, 2.45) is 10.7 Å². The summed E-state index contributed by atoms with van der Waals surface area (Å²) < 4.78 is 5.24. The fourth-order valence-corrected chi connectivity index (χ4v) is 2.89. The highest BCUT2D eigenvalue weighted by molar-refractivity contribution is 14.0. The van der Waals surface area contributed by atoms with Gasteiger partial charge in [-0.25, -0.2) is 0 Å². The molecule has 0 saturated heterocycles. The van der Waals surface area contributed by atoms with Crippen molar-refractivity contribution in [3.8, 4) is 11.4 Å². The monoisotopic (exact) mass is 461 g/mol. The van der Waals surface area contributed by atoms with E-state index in [9.17, 15) is 0 Å². The standard InChI is InChI=1S/C16H20ClN5O.HI/c17-12-5-3-4-11(10-12)15-21-14(23-22-15)8-9-19-16(18)20-13-6-1-2-7-13;/h3-5,10,13H,1-2,6-9H2,(H3,18,19,20);1H. The Balaban J connectivity index is 0.00000208. The molecule has 0 radical (unpaired) electrons. The third-order valence-electron chi connectivity index (χ3n) is 3.87. The van der Waals surface area contributed by atoms with Gasteiger partial charge in [-0.3, -0.25) is 4.99 Å². The van der Waals surface area contributed by atoms with Crippen LogP contribution in [0.4, 0.5) is 0 Å². The molecule has 0 bridgehead atoms. The quantitative estimate of drug-likeness (QED) is 0.405. The zero-order valence-electron chi connectivity index (χ0n) is 13.2. The predicted molar refractivity (Wildman–Crippen MR) is 106 cm³/mol. The minimum Gasteiger partial charge on any atom is -0.370 e. The third-order valence-corrected chi connectivity index (χ3v) is 4.10. The second-order valence-corrected chi connectivity index (χ2v) is 6.10. The summed E-state index contributed by atoms with van der Waals surface area (Å²) in [6.45, 7) is 0.517. The molecule has 0 amide bonds. The highest BCUT2D eigenvalue weighted by atomic mass is 127. The van der Waals surface area contributed by atoms with Crippen LogP contribution in [0.3, 0.4) is 0 Å². The van der Waals surface area contributed by atoms with E-state index in [1.807, 2.05) is 12.1 Å². The van der Waals surface area contributed by atoms with E-state index >= 15 is 0 Å². The summed E-state index contributed by atoms with van der Waals surface area (Å²) in [6, 6.07) is 7.82. The van der Waals surface area contributed by atoms with Crippen LogP contribution in [0.1, 0.15) is 31.6 Å². The van der Waals surface area contributed by atoms with Gasteiger partial charge in [0.25, 0.3) is 0 Å². The first-order valence-electron chi connectivity index (χ1n) is 7.86. The van der Waals surface area contributed by atoms with Gasteiger partial charge < -0.3 is 15.6 Å². The second kappa shape index (κ2) is 9.22. The maximum atomic E-state index is 5.96. The molecule has 1 fully saturated rings. The first-order chi connectivity index (χ1) is 11.2. The number of hydrogen-bond acceptors (Lipinski definition) is 4. The normalized spacial score (nSPS) is 15.3. The van der Waals surface area contributed by atoms with Gasteiger partial charge in [-0.05, 0) is 25.0 Å². The van der Waals surface area contributed by atoms with Crippen molar-refractivity contribution < 1.29 is 4.52 Å². The van der Waals surface area contributed by atoms with Crippen molar-refractivity contribution in [2.45, 2.75) is 38.1 Å². The molecule has 1 aromatic heterocycles. The number of benzene rings is 1. The molecular weight excluding hydrogens is 441 g/mol. The topological polar surface area (TPSA) is 89.3 Å². The van der Waals surface area contributed by atoms with Crippen LogP contribution in [0.2, 0.25) is 5.02 Å². The van der Waals surface area contributed by atoms with Gasteiger partial charge in [-0.2, -0.15) is 4.98 Å². The fraction of sp³-hybridized carbons (Fsp3) is 0.438. The lowest BCUT2D eigenvalue weighted by atomic mass is 10.2. The van der Waals surface area contributed by atoms with E-state index in [4.69, 9.17) is 21.9 Å². The van der Waals surface area contributed by atoms with Crippen molar-refractivity contribution in [1.29, 1.82) is 0 Å². The van der Waals surface area contributed by atoms with Crippen molar-refractivity contribution in [3.05, 3.63) is 35.2 Å². The molecule has 0 atom stereocenters. The summed E-state index contributed by atoms with van der Waals surface area (Å²) in [5.41, 5.74) is 6.72. The first-order valence-corrected chi connectivity index (χ1v) is 8.23. The molecule has 0 unspecified atom stereocenters. The Morgan fingerprint density at radius 1 is 1.38 bits per heavy atom. The number of nitrogens with two attached hydrogens (primary N) is 1. The Morgan fingerprint density at radius 3 is 2.92 bits per heavy atom. The van der Waals surface area contributed by atoms with Gasteiger partial charge >= 0.3 is 0 Å². The Morgan fingerprint density at radius 2 is 2.17 bits per heavy atom. The zero-order valence-corrected chi connectivity index (χ0v) is 16.3. The van der Waals surface area contributed by atoms with Crippen LogP contribution in [0, 0.1) is 0 Å². The van der Waals surface area contributed by atoms with Crippen molar-refractivity contribution >= 4 is 41.5 Å². The Kier molecular flexibility index (Phi) is 7.29. The van der Waals surface area contributed by atoms with Gasteiger partial charge in [-0.15, -0.1) is 24.0 Å². The predicted octanol–water partition coefficient (Wildman–Crippen LogP) is 3.40. The highest BCUT2D eigenvalue weighted by Crippen LogP contribution is 2.20. The number of halogens is 2. The third kappa shape index (κ3) is 5.34. The van der Waals surface area contributed by atoms with Gasteiger partial charge in [0, 0.05) is 23.0 Å². The van der Waals surface area contributed by atoms with E-state index in [0.717, 1.165) is 5.56 Å². The summed E-state index contributed by atoms with van der Waals surface area (Å²) in [4.78, 5) is 8.67. The van der Waals surface area contributed by atoms with Crippen LogP contribution in [0.5, 0.6) is 0 Å². The van der Waals surface area contributed by atoms with Gasteiger partial charge in [-0.1, -0.05) is 41.7 Å². The lowest BCUT2D eigenvalue weighted by Crippen LogP contribution is -2.38. The summed E-state index contributed by atoms with van der Waals surface area (Å²) >= 11 is 5.96. The molecule has 24 heavy (non-hydrogen) atoms. The van der Waals surface area contributed by atoms with Crippen LogP contribution in [-0.2, 0) is 6.42 Å². The summed E-state index contributed by atoms with van der Waals surface area (Å²) in [5.74, 6) is 1.56. The number of aromatic nitrogens is 2. The molecular formula is C16H21ClIN5O. The fourth-order valence-electron chi connectivity index (χ4n) is 2.70. The molecule has 3 rings (SSSR count). The van der Waals surface area contributed by atoms with Crippen LogP contribution in [0.15, 0.2) is 33.8 Å². The number of guanidine groups is 1. The zero-order chi connectivity index (χ0) is 16.1. The smallest absolute Gasteiger partial charge is 0.228 e. The lowest BCUT2D eigenvalue weighted by Gasteiger charge is -2.11. The number of hydrogen-bond donors (Lipinski definition) is 2. The number of nitrogens with zero attached hydrogens (tertiary/aromatic N) is 3. The summed E-state index contributed by atoms with van der Waals surface area (Å²) in [5, 5.41) is 7.86. The molecule has 1 heterocycles. The van der Waals surface area contributed by atoms with Gasteiger partial charge in [0.1, 0.15) is 0 Å². The Labute approximate surface area is 163 Å². The van der Waals surface area contributed by atoms with Crippen molar-refractivity contribution in [1.82, 2.24) is 15.5 Å². The van der Waals surface area contributed by atoms with E-state index in [2.05, 4.69) is 20.4 Å². The maximum absolute atomic E-state index is 5.96. The minimum atomic E-state index is 0. The molecule has 0 aliphatic heterocycles. The SMILES string of the molecule is I.NC(=NCCc1nc(-c2cccc(Cl)c2)no1)NC1CCCC1. The molecule has 3 N–H and O–H groups in total. The average molecular weight is 462 g/mol. The molecule has 2 aromatic rings. The molecule has 1 saturated carbocycles. The van der Waals surface area contributed by atoms with Crippen LogP contribution in [0.25, 0.3) is 11.4 Å². The van der Waals surface area contributed by atoms with Gasteiger partial charge in [0.15, 0.2) is 5.96 Å². The summed E-state index contributed by atoms with van der Waals surface area (Å²) in [7, 11) is 0. The van der Waals surface area contributed by atoms with Crippen molar-refractivity contribution in [2.75, 3.05) is 6.54 Å². The maximum Gasteiger partial charge on any atom is 0.228 e. The average Bonchev–Trinajstić information content (AvgIpc) is 3.19. The minimum absolute atomic E-state index is 0. The Hall–Kier alpha value is -1.35. The number of aliphatic imine (C=N–C) groups is 1. The molecule has 8 heteroatoms. The first kappa shape index (κ1) is 19.0. The molecule has 0 spiro atoms.